The lowest BCUT2D eigenvalue weighted by Gasteiger charge is -2.23. The topological polar surface area (TPSA) is 21.7 Å². The molecular formula is C19H23NO2. The van der Waals surface area contributed by atoms with E-state index < -0.39 is 0 Å². The SMILES string of the molecule is COc1ccc2c(c1OC)CCN(C)CC2c1ccccc1. The third kappa shape index (κ3) is 2.69. The van der Waals surface area contributed by atoms with Crippen LogP contribution in [0.2, 0.25) is 0 Å². The number of nitrogens with zero attached hydrogens (tertiary/aromatic N) is 1. The van der Waals surface area contributed by atoms with Crippen molar-refractivity contribution in [1.82, 2.24) is 4.90 Å². The van der Waals surface area contributed by atoms with Gasteiger partial charge in [-0.3, -0.25) is 0 Å². The molecular weight excluding hydrogens is 274 g/mol. The van der Waals surface area contributed by atoms with Gasteiger partial charge >= 0.3 is 0 Å². The predicted molar refractivity (Wildman–Crippen MR) is 89.0 cm³/mol. The number of methoxy groups -OCH3 is 2. The molecule has 1 heterocycles. The van der Waals surface area contributed by atoms with Crippen LogP contribution in [0, 0.1) is 0 Å². The Balaban J connectivity index is 2.14. The van der Waals surface area contributed by atoms with Crippen LogP contribution in [0.5, 0.6) is 11.5 Å². The van der Waals surface area contributed by atoms with Crippen molar-refractivity contribution in [2.45, 2.75) is 12.3 Å². The largest absolute Gasteiger partial charge is 0.493 e. The van der Waals surface area contributed by atoms with Crippen molar-refractivity contribution in [3.8, 4) is 11.5 Å². The average molecular weight is 297 g/mol. The van der Waals surface area contributed by atoms with E-state index in [0.29, 0.717) is 5.92 Å². The molecule has 0 saturated heterocycles. The Morgan fingerprint density at radius 1 is 1.00 bits per heavy atom. The summed E-state index contributed by atoms with van der Waals surface area (Å²) in [5.74, 6) is 2.07. The van der Waals surface area contributed by atoms with E-state index in [2.05, 4.69) is 48.3 Å². The molecule has 3 rings (SSSR count). The summed E-state index contributed by atoms with van der Waals surface area (Å²) in [5.41, 5.74) is 3.98. The number of fused-ring (bicyclic) bond motifs is 1. The summed E-state index contributed by atoms with van der Waals surface area (Å²) in [6, 6.07) is 14.9. The van der Waals surface area contributed by atoms with Crippen LogP contribution in [-0.2, 0) is 6.42 Å². The van der Waals surface area contributed by atoms with Crippen molar-refractivity contribution in [3.05, 3.63) is 59.2 Å². The molecule has 0 spiro atoms. The zero-order valence-electron chi connectivity index (χ0n) is 13.5. The molecule has 22 heavy (non-hydrogen) atoms. The molecule has 2 aromatic rings. The van der Waals surface area contributed by atoms with Crippen LogP contribution in [0.1, 0.15) is 22.6 Å². The monoisotopic (exact) mass is 297 g/mol. The van der Waals surface area contributed by atoms with Gasteiger partial charge in [-0.2, -0.15) is 0 Å². The van der Waals surface area contributed by atoms with Crippen LogP contribution < -0.4 is 9.47 Å². The van der Waals surface area contributed by atoms with E-state index >= 15 is 0 Å². The predicted octanol–water partition coefficient (Wildman–Crippen LogP) is 3.32. The minimum atomic E-state index is 0.364. The zero-order chi connectivity index (χ0) is 15.5. The molecule has 0 aliphatic carbocycles. The van der Waals surface area contributed by atoms with Crippen molar-refractivity contribution >= 4 is 0 Å². The lowest BCUT2D eigenvalue weighted by atomic mass is 9.87. The standard InChI is InChI=1S/C19H23NO2/c1-20-12-11-16-15(9-10-18(21-2)19(16)22-3)17(13-20)14-7-5-4-6-8-14/h4-10,17H,11-13H2,1-3H3. The van der Waals surface area contributed by atoms with Crippen LogP contribution >= 0.6 is 0 Å². The van der Waals surface area contributed by atoms with E-state index in [9.17, 15) is 0 Å². The zero-order valence-corrected chi connectivity index (χ0v) is 13.5. The van der Waals surface area contributed by atoms with Gasteiger partial charge in [0.25, 0.3) is 0 Å². The number of likely N-dealkylation sites (N-methyl/N-ethyl adjacent to an activating group) is 1. The second-order valence-corrected chi connectivity index (χ2v) is 5.84. The van der Waals surface area contributed by atoms with Gasteiger partial charge < -0.3 is 14.4 Å². The molecule has 0 bridgehead atoms. The molecule has 3 heteroatoms. The first-order valence-electron chi connectivity index (χ1n) is 7.71. The molecule has 1 aliphatic heterocycles. The number of hydrogen-bond donors (Lipinski definition) is 0. The summed E-state index contributed by atoms with van der Waals surface area (Å²) in [7, 11) is 5.61. The quantitative estimate of drug-likeness (QED) is 0.867. The number of benzene rings is 2. The fourth-order valence-electron chi connectivity index (χ4n) is 3.36. The number of ether oxygens (including phenoxy) is 2. The van der Waals surface area contributed by atoms with Gasteiger partial charge in [0.15, 0.2) is 11.5 Å². The second-order valence-electron chi connectivity index (χ2n) is 5.84. The van der Waals surface area contributed by atoms with Gasteiger partial charge in [0.2, 0.25) is 0 Å². The van der Waals surface area contributed by atoms with E-state index in [1.807, 2.05) is 6.07 Å². The van der Waals surface area contributed by atoms with Gasteiger partial charge in [0, 0.05) is 24.6 Å². The molecule has 0 amide bonds. The highest BCUT2D eigenvalue weighted by Gasteiger charge is 2.26. The highest BCUT2D eigenvalue weighted by Crippen LogP contribution is 2.40. The molecule has 2 aromatic carbocycles. The average Bonchev–Trinajstić information content (AvgIpc) is 2.74. The first-order valence-corrected chi connectivity index (χ1v) is 7.71. The molecule has 0 saturated carbocycles. The van der Waals surface area contributed by atoms with Crippen LogP contribution in [-0.4, -0.2) is 39.3 Å². The van der Waals surface area contributed by atoms with Crippen LogP contribution in [0.4, 0.5) is 0 Å². The maximum absolute atomic E-state index is 5.67. The van der Waals surface area contributed by atoms with Gasteiger partial charge in [-0.15, -0.1) is 0 Å². The molecule has 0 fully saturated rings. The van der Waals surface area contributed by atoms with E-state index in [-0.39, 0.29) is 0 Å². The lowest BCUT2D eigenvalue weighted by Crippen LogP contribution is -2.24. The molecule has 3 nitrogen and oxygen atoms in total. The molecule has 0 aromatic heterocycles. The molecule has 116 valence electrons. The fourth-order valence-corrected chi connectivity index (χ4v) is 3.36. The van der Waals surface area contributed by atoms with Crippen molar-refractivity contribution in [2.75, 3.05) is 34.4 Å². The summed E-state index contributed by atoms with van der Waals surface area (Å²) in [6.07, 6.45) is 0.982. The van der Waals surface area contributed by atoms with Crippen molar-refractivity contribution in [2.24, 2.45) is 0 Å². The summed E-state index contributed by atoms with van der Waals surface area (Å²) >= 11 is 0. The highest BCUT2D eigenvalue weighted by atomic mass is 16.5. The van der Waals surface area contributed by atoms with Crippen LogP contribution in [0.25, 0.3) is 0 Å². The Labute approximate surface area is 132 Å². The van der Waals surface area contributed by atoms with Gasteiger partial charge in [0.1, 0.15) is 0 Å². The third-order valence-electron chi connectivity index (χ3n) is 4.50. The van der Waals surface area contributed by atoms with Crippen molar-refractivity contribution < 1.29 is 9.47 Å². The van der Waals surface area contributed by atoms with E-state index in [1.54, 1.807) is 14.2 Å². The Hall–Kier alpha value is -2.00. The summed E-state index contributed by atoms with van der Waals surface area (Å²) in [5, 5.41) is 0. The van der Waals surface area contributed by atoms with Gasteiger partial charge in [0.05, 0.1) is 14.2 Å². The summed E-state index contributed by atoms with van der Waals surface area (Å²) < 4.78 is 11.1. The Kier molecular flexibility index (Phi) is 4.34. The van der Waals surface area contributed by atoms with Crippen LogP contribution in [0.15, 0.2) is 42.5 Å². The minimum Gasteiger partial charge on any atom is -0.493 e. The maximum Gasteiger partial charge on any atom is 0.164 e. The molecule has 1 atom stereocenters. The van der Waals surface area contributed by atoms with Crippen molar-refractivity contribution in [3.63, 3.8) is 0 Å². The van der Waals surface area contributed by atoms with Crippen LogP contribution in [0.3, 0.4) is 0 Å². The molecule has 1 aliphatic rings. The summed E-state index contributed by atoms with van der Waals surface area (Å²) in [4.78, 5) is 2.39. The Bertz CT molecular complexity index is 639. The molecule has 0 N–H and O–H groups in total. The number of rotatable bonds is 3. The Morgan fingerprint density at radius 2 is 1.77 bits per heavy atom. The van der Waals surface area contributed by atoms with Gasteiger partial charge in [-0.1, -0.05) is 36.4 Å². The minimum absolute atomic E-state index is 0.364. The first-order chi connectivity index (χ1) is 10.7. The van der Waals surface area contributed by atoms with Gasteiger partial charge in [-0.25, -0.2) is 0 Å². The van der Waals surface area contributed by atoms with E-state index in [0.717, 1.165) is 31.0 Å². The fraction of sp³-hybridized carbons (Fsp3) is 0.368. The second kappa shape index (κ2) is 6.41. The first kappa shape index (κ1) is 14.9. The third-order valence-corrected chi connectivity index (χ3v) is 4.50. The Morgan fingerprint density at radius 3 is 2.45 bits per heavy atom. The smallest absolute Gasteiger partial charge is 0.164 e. The maximum atomic E-state index is 5.67. The van der Waals surface area contributed by atoms with Crippen molar-refractivity contribution in [1.29, 1.82) is 0 Å². The van der Waals surface area contributed by atoms with Gasteiger partial charge in [-0.05, 0) is 30.7 Å². The number of hydrogen-bond acceptors (Lipinski definition) is 3. The summed E-state index contributed by atoms with van der Waals surface area (Å²) in [6.45, 7) is 2.05. The molecule has 0 radical (unpaired) electrons. The molecule has 1 unspecified atom stereocenters. The van der Waals surface area contributed by atoms with E-state index in [4.69, 9.17) is 9.47 Å². The van der Waals surface area contributed by atoms with E-state index in [1.165, 1.54) is 16.7 Å². The highest BCUT2D eigenvalue weighted by molar-refractivity contribution is 5.54. The lowest BCUT2D eigenvalue weighted by molar-refractivity contribution is 0.334. The normalized spacial score (nSPS) is 18.4.